The zero-order chi connectivity index (χ0) is 15.0. The van der Waals surface area contributed by atoms with Gasteiger partial charge in [0.25, 0.3) is 0 Å². The Kier molecular flexibility index (Phi) is 3.08. The van der Waals surface area contributed by atoms with E-state index < -0.39 is 11.7 Å². The van der Waals surface area contributed by atoms with Gasteiger partial charge < -0.3 is 5.32 Å². The monoisotopic (exact) mass is 292 g/mol. The van der Waals surface area contributed by atoms with Crippen molar-refractivity contribution < 1.29 is 18.0 Å². The van der Waals surface area contributed by atoms with Gasteiger partial charge in [-0.05, 0) is 35.9 Å². The number of halogens is 3. The zero-order valence-corrected chi connectivity index (χ0v) is 10.8. The van der Waals surface area contributed by atoms with Gasteiger partial charge in [-0.2, -0.15) is 13.2 Å². The van der Waals surface area contributed by atoms with E-state index in [2.05, 4.69) is 5.32 Å². The molecule has 2 aromatic rings. The molecule has 3 rings (SSSR count). The molecule has 0 spiro atoms. The number of benzene rings is 2. The van der Waals surface area contributed by atoms with Crippen molar-refractivity contribution in [2.75, 3.05) is 10.2 Å². The Labute approximate surface area is 119 Å². The molecule has 0 saturated heterocycles. The molecule has 1 aliphatic heterocycles. The number of hydrogen-bond acceptors (Lipinski definition) is 1. The molecule has 108 valence electrons. The molecule has 3 nitrogen and oxygen atoms in total. The summed E-state index contributed by atoms with van der Waals surface area (Å²) in [5, 5.41) is 2.61. The van der Waals surface area contributed by atoms with Crippen molar-refractivity contribution in [3.05, 3.63) is 59.7 Å². The predicted octanol–water partition coefficient (Wildman–Crippen LogP) is 4.26. The molecule has 0 bridgehead atoms. The van der Waals surface area contributed by atoms with Crippen LogP contribution in [0, 0.1) is 0 Å². The number of alkyl halides is 3. The van der Waals surface area contributed by atoms with Crippen LogP contribution in [-0.4, -0.2) is 6.03 Å². The van der Waals surface area contributed by atoms with Crippen molar-refractivity contribution in [3.63, 3.8) is 0 Å². The number of urea groups is 1. The van der Waals surface area contributed by atoms with Crippen molar-refractivity contribution in [2.24, 2.45) is 0 Å². The molecule has 1 heterocycles. The van der Waals surface area contributed by atoms with E-state index in [1.54, 1.807) is 30.3 Å². The lowest BCUT2D eigenvalue weighted by atomic mass is 10.1. The first kappa shape index (κ1) is 13.5. The molecule has 1 aliphatic rings. The average molecular weight is 292 g/mol. The molecule has 0 saturated carbocycles. The number of rotatable bonds is 1. The van der Waals surface area contributed by atoms with Gasteiger partial charge in [-0.3, -0.25) is 4.90 Å². The van der Waals surface area contributed by atoms with Crippen LogP contribution in [0.3, 0.4) is 0 Å². The lowest BCUT2D eigenvalue weighted by molar-refractivity contribution is -0.137. The maximum absolute atomic E-state index is 12.8. The van der Waals surface area contributed by atoms with Crippen molar-refractivity contribution in [2.45, 2.75) is 12.7 Å². The fourth-order valence-electron chi connectivity index (χ4n) is 2.26. The molecule has 6 heteroatoms. The Morgan fingerprint density at radius 2 is 1.76 bits per heavy atom. The van der Waals surface area contributed by atoms with Gasteiger partial charge in [-0.25, -0.2) is 4.79 Å². The SMILES string of the molecule is O=C1Nc2ccc(C(F)(F)F)cc2CN1c1ccccc1. The quantitative estimate of drug-likeness (QED) is 0.837. The van der Waals surface area contributed by atoms with E-state index in [1.807, 2.05) is 0 Å². The van der Waals surface area contributed by atoms with Gasteiger partial charge >= 0.3 is 12.2 Å². The lowest BCUT2D eigenvalue weighted by Crippen LogP contribution is -2.38. The summed E-state index contributed by atoms with van der Waals surface area (Å²) < 4.78 is 38.3. The molecule has 0 aliphatic carbocycles. The summed E-state index contributed by atoms with van der Waals surface area (Å²) in [6.45, 7) is 0.106. The number of carbonyl (C=O) groups is 1. The minimum Gasteiger partial charge on any atom is -0.307 e. The van der Waals surface area contributed by atoms with E-state index in [4.69, 9.17) is 0 Å². The van der Waals surface area contributed by atoms with Crippen LogP contribution in [0.2, 0.25) is 0 Å². The molecule has 2 amide bonds. The van der Waals surface area contributed by atoms with Crippen LogP contribution < -0.4 is 10.2 Å². The summed E-state index contributed by atoms with van der Waals surface area (Å²) in [7, 11) is 0. The first-order valence-electron chi connectivity index (χ1n) is 6.29. The van der Waals surface area contributed by atoms with Crippen LogP contribution in [0.15, 0.2) is 48.5 Å². The van der Waals surface area contributed by atoms with Crippen LogP contribution in [0.5, 0.6) is 0 Å². The summed E-state index contributed by atoms with van der Waals surface area (Å²) in [6, 6.07) is 11.8. The first-order valence-corrected chi connectivity index (χ1v) is 6.29. The molecule has 0 aromatic heterocycles. The fraction of sp³-hybridized carbons (Fsp3) is 0.133. The molecule has 0 radical (unpaired) electrons. The lowest BCUT2D eigenvalue weighted by Gasteiger charge is -2.29. The van der Waals surface area contributed by atoms with Gasteiger partial charge in [0.15, 0.2) is 0 Å². The standard InChI is InChI=1S/C15H11F3N2O/c16-15(17,18)11-6-7-13-10(8-11)9-20(14(21)19-13)12-4-2-1-3-5-12/h1-8H,9H2,(H,19,21). The minimum absolute atomic E-state index is 0.106. The maximum Gasteiger partial charge on any atom is 0.416 e. The average Bonchev–Trinajstić information content (AvgIpc) is 2.46. The predicted molar refractivity (Wildman–Crippen MR) is 73.1 cm³/mol. The summed E-state index contributed by atoms with van der Waals surface area (Å²) >= 11 is 0. The summed E-state index contributed by atoms with van der Waals surface area (Å²) in [5.74, 6) is 0. The summed E-state index contributed by atoms with van der Waals surface area (Å²) in [6.07, 6.45) is -4.39. The number of carbonyl (C=O) groups excluding carboxylic acids is 1. The van der Waals surface area contributed by atoms with Crippen LogP contribution in [0.1, 0.15) is 11.1 Å². The molecular formula is C15H11F3N2O. The Morgan fingerprint density at radius 1 is 1.05 bits per heavy atom. The topological polar surface area (TPSA) is 32.3 Å². The Hall–Kier alpha value is -2.50. The zero-order valence-electron chi connectivity index (χ0n) is 10.8. The Balaban J connectivity index is 1.97. The molecule has 0 fully saturated rings. The molecule has 2 aromatic carbocycles. The highest BCUT2D eigenvalue weighted by Crippen LogP contribution is 2.34. The number of hydrogen-bond donors (Lipinski definition) is 1. The van der Waals surface area contributed by atoms with Gasteiger partial charge in [0.05, 0.1) is 12.1 Å². The van der Waals surface area contributed by atoms with E-state index in [1.165, 1.54) is 11.0 Å². The molecular weight excluding hydrogens is 281 g/mol. The van der Waals surface area contributed by atoms with Gasteiger partial charge in [0.2, 0.25) is 0 Å². The number of amides is 2. The largest absolute Gasteiger partial charge is 0.416 e. The number of fused-ring (bicyclic) bond motifs is 1. The minimum atomic E-state index is -4.39. The second-order valence-electron chi connectivity index (χ2n) is 4.72. The second-order valence-corrected chi connectivity index (χ2v) is 4.72. The van der Waals surface area contributed by atoms with Gasteiger partial charge in [0, 0.05) is 11.4 Å². The fourth-order valence-corrected chi connectivity index (χ4v) is 2.26. The molecule has 0 unspecified atom stereocenters. The van der Waals surface area contributed by atoms with Crippen molar-refractivity contribution >= 4 is 17.4 Å². The highest BCUT2D eigenvalue weighted by molar-refractivity contribution is 6.04. The molecule has 21 heavy (non-hydrogen) atoms. The van der Waals surface area contributed by atoms with Crippen LogP contribution in [0.25, 0.3) is 0 Å². The maximum atomic E-state index is 12.8. The van der Waals surface area contributed by atoms with Crippen LogP contribution in [-0.2, 0) is 12.7 Å². The summed E-state index contributed by atoms with van der Waals surface area (Å²) in [4.78, 5) is 13.4. The van der Waals surface area contributed by atoms with E-state index >= 15 is 0 Å². The van der Waals surface area contributed by atoms with E-state index in [0.29, 0.717) is 16.9 Å². The highest BCUT2D eigenvalue weighted by Gasteiger charge is 2.32. The van der Waals surface area contributed by atoms with Crippen molar-refractivity contribution in [1.82, 2.24) is 0 Å². The number of anilines is 2. The third-order valence-corrected chi connectivity index (χ3v) is 3.32. The van der Waals surface area contributed by atoms with Crippen LogP contribution >= 0.6 is 0 Å². The number of nitrogens with zero attached hydrogens (tertiary/aromatic N) is 1. The molecule has 0 atom stereocenters. The van der Waals surface area contributed by atoms with Crippen molar-refractivity contribution in [3.8, 4) is 0 Å². The Morgan fingerprint density at radius 3 is 2.43 bits per heavy atom. The van der Waals surface area contributed by atoms with Gasteiger partial charge in [-0.15, -0.1) is 0 Å². The first-order chi connectivity index (χ1) is 9.95. The van der Waals surface area contributed by atoms with Crippen LogP contribution in [0.4, 0.5) is 29.3 Å². The summed E-state index contributed by atoms with van der Waals surface area (Å²) in [5.41, 5.74) is 0.775. The van der Waals surface area contributed by atoms with E-state index in [0.717, 1.165) is 12.1 Å². The highest BCUT2D eigenvalue weighted by atomic mass is 19.4. The smallest absolute Gasteiger partial charge is 0.307 e. The third-order valence-electron chi connectivity index (χ3n) is 3.32. The number of nitrogens with one attached hydrogen (secondary N) is 1. The number of para-hydroxylation sites is 1. The van der Waals surface area contributed by atoms with Gasteiger partial charge in [-0.1, -0.05) is 18.2 Å². The third kappa shape index (κ3) is 2.56. The Bertz CT molecular complexity index is 683. The normalized spacial score (nSPS) is 14.6. The second kappa shape index (κ2) is 4.80. The van der Waals surface area contributed by atoms with E-state index in [-0.39, 0.29) is 12.6 Å². The van der Waals surface area contributed by atoms with Gasteiger partial charge in [0.1, 0.15) is 0 Å². The van der Waals surface area contributed by atoms with E-state index in [9.17, 15) is 18.0 Å². The molecule has 1 N–H and O–H groups in total. The van der Waals surface area contributed by atoms with Crippen molar-refractivity contribution in [1.29, 1.82) is 0 Å².